The van der Waals surface area contributed by atoms with Crippen molar-refractivity contribution in [2.24, 2.45) is 0 Å². The lowest BCUT2D eigenvalue weighted by Gasteiger charge is -2.37. The summed E-state index contributed by atoms with van der Waals surface area (Å²) in [7, 11) is 0. The third kappa shape index (κ3) is 3.05. The van der Waals surface area contributed by atoms with Crippen LogP contribution in [0.3, 0.4) is 0 Å². The predicted octanol–water partition coefficient (Wildman–Crippen LogP) is 4.41. The van der Waals surface area contributed by atoms with Crippen LogP contribution in [-0.4, -0.2) is 46.0 Å². The van der Waals surface area contributed by atoms with E-state index in [0.29, 0.717) is 5.69 Å². The molecule has 3 aromatic carbocycles. The summed E-state index contributed by atoms with van der Waals surface area (Å²) in [6, 6.07) is 25.1. The van der Waals surface area contributed by atoms with Gasteiger partial charge in [0.2, 0.25) is 0 Å². The standard InChI is InChI=1S/C25H21FN6/c26-20-11-5-7-13-22(20)30-14-16-31(17-15-30)24-19-10-4-6-12-21(19)32-25(27-24)23(28-29-32)18-8-2-1-3-9-18/h1-13H,14-17H2. The molecule has 7 heteroatoms. The van der Waals surface area contributed by atoms with Crippen molar-refractivity contribution in [3.05, 3.63) is 84.7 Å². The zero-order chi connectivity index (χ0) is 21.5. The van der Waals surface area contributed by atoms with Gasteiger partial charge in [0.15, 0.2) is 5.65 Å². The topological polar surface area (TPSA) is 49.6 Å². The van der Waals surface area contributed by atoms with Crippen LogP contribution in [0.15, 0.2) is 78.9 Å². The van der Waals surface area contributed by atoms with Gasteiger partial charge < -0.3 is 9.80 Å². The van der Waals surface area contributed by atoms with Gasteiger partial charge in [-0.1, -0.05) is 59.8 Å². The summed E-state index contributed by atoms with van der Waals surface area (Å²) in [5.41, 5.74) is 4.12. The normalized spacial score (nSPS) is 14.4. The van der Waals surface area contributed by atoms with E-state index in [-0.39, 0.29) is 5.82 Å². The van der Waals surface area contributed by atoms with Crippen molar-refractivity contribution in [2.75, 3.05) is 36.0 Å². The number of rotatable bonds is 3. The maximum Gasteiger partial charge on any atom is 0.186 e. The molecule has 1 aliphatic heterocycles. The van der Waals surface area contributed by atoms with Crippen LogP contribution in [0.1, 0.15) is 0 Å². The number of nitrogens with zero attached hydrogens (tertiary/aromatic N) is 6. The van der Waals surface area contributed by atoms with Crippen molar-refractivity contribution in [1.29, 1.82) is 0 Å². The molecule has 0 radical (unpaired) electrons. The minimum atomic E-state index is -0.177. The third-order valence-electron chi connectivity index (χ3n) is 6.05. The lowest BCUT2D eigenvalue weighted by Crippen LogP contribution is -2.47. The lowest BCUT2D eigenvalue weighted by atomic mass is 10.1. The fraction of sp³-hybridized carbons (Fsp3) is 0.160. The summed E-state index contributed by atoms with van der Waals surface area (Å²) in [5.74, 6) is 0.740. The number of halogens is 1. The Morgan fingerprint density at radius 1 is 0.719 bits per heavy atom. The molecule has 2 aromatic heterocycles. The number of anilines is 2. The monoisotopic (exact) mass is 424 g/mol. The summed E-state index contributed by atoms with van der Waals surface area (Å²) < 4.78 is 16.1. The SMILES string of the molecule is Fc1ccccc1N1CCN(c2nc3c(-c4ccccc4)nnn3c3ccccc23)CC1. The third-order valence-corrected chi connectivity index (χ3v) is 6.05. The smallest absolute Gasteiger partial charge is 0.186 e. The van der Waals surface area contributed by atoms with E-state index in [4.69, 9.17) is 4.98 Å². The minimum absolute atomic E-state index is 0.177. The second kappa shape index (κ2) is 7.60. The average Bonchev–Trinajstić information content (AvgIpc) is 3.29. The van der Waals surface area contributed by atoms with Crippen molar-refractivity contribution in [3.8, 4) is 11.3 Å². The van der Waals surface area contributed by atoms with Gasteiger partial charge in [0.25, 0.3) is 0 Å². The van der Waals surface area contributed by atoms with E-state index in [9.17, 15) is 4.39 Å². The second-order valence-corrected chi connectivity index (χ2v) is 7.92. The maximum absolute atomic E-state index is 14.3. The highest BCUT2D eigenvalue weighted by Gasteiger charge is 2.24. The molecular weight excluding hydrogens is 403 g/mol. The van der Waals surface area contributed by atoms with Gasteiger partial charge >= 0.3 is 0 Å². The molecule has 1 aliphatic rings. The van der Waals surface area contributed by atoms with E-state index < -0.39 is 0 Å². The van der Waals surface area contributed by atoms with Gasteiger partial charge in [-0.2, -0.15) is 4.52 Å². The number of aromatic nitrogens is 4. The molecule has 5 aromatic rings. The van der Waals surface area contributed by atoms with Gasteiger partial charge in [0.1, 0.15) is 17.3 Å². The summed E-state index contributed by atoms with van der Waals surface area (Å²) in [6.07, 6.45) is 0. The van der Waals surface area contributed by atoms with Crippen molar-refractivity contribution in [2.45, 2.75) is 0 Å². The molecule has 32 heavy (non-hydrogen) atoms. The van der Waals surface area contributed by atoms with E-state index in [1.54, 1.807) is 6.07 Å². The first kappa shape index (κ1) is 18.7. The molecule has 0 unspecified atom stereocenters. The molecule has 0 amide bonds. The van der Waals surface area contributed by atoms with Crippen LogP contribution in [0.25, 0.3) is 27.8 Å². The fourth-order valence-electron chi connectivity index (χ4n) is 4.44. The molecule has 1 saturated heterocycles. The highest BCUT2D eigenvalue weighted by Crippen LogP contribution is 2.31. The quantitative estimate of drug-likeness (QED) is 0.429. The van der Waals surface area contributed by atoms with Crippen molar-refractivity contribution in [3.63, 3.8) is 0 Å². The zero-order valence-electron chi connectivity index (χ0n) is 17.4. The largest absolute Gasteiger partial charge is 0.366 e. The zero-order valence-corrected chi connectivity index (χ0v) is 17.4. The molecule has 0 aliphatic carbocycles. The molecule has 6 rings (SSSR count). The van der Waals surface area contributed by atoms with Crippen LogP contribution in [0.4, 0.5) is 15.9 Å². The van der Waals surface area contributed by atoms with E-state index in [1.165, 1.54) is 6.07 Å². The summed E-state index contributed by atoms with van der Waals surface area (Å²) in [4.78, 5) is 9.43. The molecule has 0 atom stereocenters. The van der Waals surface area contributed by atoms with Gasteiger partial charge in [-0.3, -0.25) is 0 Å². The van der Waals surface area contributed by atoms with Gasteiger partial charge in [0.05, 0.1) is 11.2 Å². The number of fused-ring (bicyclic) bond motifs is 3. The Labute approximate surface area is 184 Å². The highest BCUT2D eigenvalue weighted by molar-refractivity contribution is 5.93. The Morgan fingerprint density at radius 2 is 1.41 bits per heavy atom. The van der Waals surface area contributed by atoms with Crippen molar-refractivity contribution >= 4 is 28.1 Å². The van der Waals surface area contributed by atoms with Crippen molar-refractivity contribution in [1.82, 2.24) is 19.8 Å². The number of hydrogen-bond donors (Lipinski definition) is 0. The molecule has 158 valence electrons. The van der Waals surface area contributed by atoms with Gasteiger partial charge in [-0.15, -0.1) is 5.10 Å². The average molecular weight is 424 g/mol. The lowest BCUT2D eigenvalue weighted by molar-refractivity contribution is 0.597. The summed E-state index contributed by atoms with van der Waals surface area (Å²) >= 11 is 0. The minimum Gasteiger partial charge on any atom is -0.366 e. The first-order valence-electron chi connectivity index (χ1n) is 10.7. The van der Waals surface area contributed by atoms with Crippen LogP contribution in [-0.2, 0) is 0 Å². The molecular formula is C25H21FN6. The summed E-state index contributed by atoms with van der Waals surface area (Å²) in [5, 5.41) is 9.88. The Kier molecular flexibility index (Phi) is 4.45. The van der Waals surface area contributed by atoms with Gasteiger partial charge in [0, 0.05) is 37.1 Å². The van der Waals surface area contributed by atoms with E-state index >= 15 is 0 Å². The van der Waals surface area contributed by atoms with Crippen LogP contribution in [0, 0.1) is 5.82 Å². The number of hydrogen-bond acceptors (Lipinski definition) is 5. The molecule has 0 N–H and O–H groups in total. The van der Waals surface area contributed by atoms with Crippen LogP contribution in [0.5, 0.6) is 0 Å². The van der Waals surface area contributed by atoms with Crippen molar-refractivity contribution < 1.29 is 4.39 Å². The number of benzene rings is 3. The predicted molar refractivity (Wildman–Crippen MR) is 125 cm³/mol. The van der Waals surface area contributed by atoms with Gasteiger partial charge in [-0.05, 0) is 24.3 Å². The summed E-state index contributed by atoms with van der Waals surface area (Å²) in [6.45, 7) is 2.96. The molecule has 6 nitrogen and oxygen atoms in total. The number of para-hydroxylation sites is 2. The first-order chi connectivity index (χ1) is 15.8. The maximum atomic E-state index is 14.3. The Bertz CT molecular complexity index is 1410. The molecule has 3 heterocycles. The van der Waals surface area contributed by atoms with Crippen LogP contribution in [0.2, 0.25) is 0 Å². The van der Waals surface area contributed by atoms with E-state index in [0.717, 1.165) is 59.8 Å². The van der Waals surface area contributed by atoms with E-state index in [2.05, 4.69) is 26.2 Å². The Hall–Kier alpha value is -4.00. The number of piperazine rings is 1. The first-order valence-corrected chi connectivity index (χ1v) is 10.7. The van der Waals surface area contributed by atoms with E-state index in [1.807, 2.05) is 65.2 Å². The van der Waals surface area contributed by atoms with Gasteiger partial charge in [-0.25, -0.2) is 9.37 Å². The Morgan fingerprint density at radius 3 is 2.22 bits per heavy atom. The fourth-order valence-corrected chi connectivity index (χ4v) is 4.44. The molecule has 0 bridgehead atoms. The Balaban J connectivity index is 1.41. The van der Waals surface area contributed by atoms with Crippen LogP contribution < -0.4 is 9.80 Å². The molecule has 0 saturated carbocycles. The molecule has 0 spiro atoms. The highest BCUT2D eigenvalue weighted by atomic mass is 19.1. The molecule has 1 fully saturated rings. The second-order valence-electron chi connectivity index (χ2n) is 7.92. The van der Waals surface area contributed by atoms with Crippen LogP contribution >= 0.6 is 0 Å².